The molecule has 0 radical (unpaired) electrons. The van der Waals surface area contributed by atoms with Gasteiger partial charge in [0.05, 0.1) is 18.2 Å². The minimum Gasteiger partial charge on any atom is -0.449 e. The summed E-state index contributed by atoms with van der Waals surface area (Å²) in [6, 6.07) is 3.02. The van der Waals surface area contributed by atoms with E-state index in [1.54, 1.807) is 12.1 Å². The van der Waals surface area contributed by atoms with E-state index in [9.17, 15) is 9.59 Å². The molecule has 0 N–H and O–H groups in total. The van der Waals surface area contributed by atoms with Gasteiger partial charge < -0.3 is 4.74 Å². The molecule has 3 rings (SSSR count). The Bertz CT molecular complexity index is 715. The quantitative estimate of drug-likeness (QED) is 0.771. The van der Waals surface area contributed by atoms with Crippen molar-refractivity contribution in [2.24, 2.45) is 5.92 Å². The minimum atomic E-state index is -0.598. The van der Waals surface area contributed by atoms with Gasteiger partial charge >= 0.3 is 6.09 Å². The Hall–Kier alpha value is -1.59. The number of rotatable bonds is 3. The minimum absolute atomic E-state index is 0.163. The Morgan fingerprint density at radius 3 is 2.74 bits per heavy atom. The average molecular weight is 355 g/mol. The summed E-state index contributed by atoms with van der Waals surface area (Å²) in [6.45, 7) is 4.16. The van der Waals surface area contributed by atoms with Crippen LogP contribution >= 0.6 is 23.2 Å². The van der Waals surface area contributed by atoms with Gasteiger partial charge in [-0.05, 0) is 36.5 Å². The second kappa shape index (κ2) is 6.13. The third kappa shape index (κ3) is 2.83. The molecule has 2 amide bonds. The van der Waals surface area contributed by atoms with Gasteiger partial charge in [-0.1, -0.05) is 37.0 Å². The lowest BCUT2D eigenvalue weighted by molar-refractivity contribution is -0.124. The number of ether oxygens (including phenoxy) is 1. The number of carbonyl (C=O) groups excluding carboxylic acids is 2. The first kappa shape index (κ1) is 16.3. The lowest BCUT2D eigenvalue weighted by Gasteiger charge is -2.31. The average Bonchev–Trinajstić information content (AvgIpc) is 2.64. The van der Waals surface area contributed by atoms with Crippen LogP contribution in [0.25, 0.3) is 5.57 Å². The van der Waals surface area contributed by atoms with Gasteiger partial charge in [-0.3, -0.25) is 4.79 Å². The third-order valence-corrected chi connectivity index (χ3v) is 4.47. The molecule has 0 aromatic carbocycles. The maximum atomic E-state index is 12.7. The number of halogens is 2. The van der Waals surface area contributed by atoms with Crippen LogP contribution in [0.1, 0.15) is 32.3 Å². The first-order chi connectivity index (χ1) is 10.9. The first-order valence-corrected chi connectivity index (χ1v) is 8.21. The van der Waals surface area contributed by atoms with E-state index >= 15 is 0 Å². The molecule has 1 fully saturated rings. The number of carbonyl (C=O) groups is 2. The van der Waals surface area contributed by atoms with E-state index in [2.05, 4.69) is 4.98 Å². The first-order valence-electron chi connectivity index (χ1n) is 7.46. The van der Waals surface area contributed by atoms with Gasteiger partial charge in [0.25, 0.3) is 5.91 Å². The van der Waals surface area contributed by atoms with Gasteiger partial charge in [0.2, 0.25) is 0 Å². The predicted molar refractivity (Wildman–Crippen MR) is 87.2 cm³/mol. The number of nitrogens with zero attached hydrogens (tertiary/aromatic N) is 2. The van der Waals surface area contributed by atoms with Crippen molar-refractivity contribution in [1.82, 2.24) is 9.88 Å². The fraction of sp³-hybridized carbons (Fsp3) is 0.438. The molecular formula is C16H16Cl2N2O3. The van der Waals surface area contributed by atoms with Crippen LogP contribution in [0.2, 0.25) is 10.3 Å². The summed E-state index contributed by atoms with van der Waals surface area (Å²) < 4.78 is 5.21. The summed E-state index contributed by atoms with van der Waals surface area (Å²) in [6.07, 6.45) is 0.914. The molecule has 1 saturated carbocycles. The Morgan fingerprint density at radius 1 is 1.43 bits per heavy atom. The standard InChI is InChI=1S/C16H16Cl2N2O3/c1-8(2)7-23-16(22)20-11-5-3-9(11)13(15(20)21)10-4-6-12(17)19-14(10)18/h4,6,8,11H,3,5,7H2,1-2H3. The molecule has 1 aliphatic carbocycles. The fourth-order valence-electron chi connectivity index (χ4n) is 2.80. The zero-order valence-electron chi connectivity index (χ0n) is 12.8. The van der Waals surface area contributed by atoms with Gasteiger partial charge in [0.15, 0.2) is 0 Å². The number of aromatic nitrogens is 1. The molecule has 1 aliphatic heterocycles. The number of fused-ring (bicyclic) bond motifs is 1. The van der Waals surface area contributed by atoms with Gasteiger partial charge in [-0.15, -0.1) is 0 Å². The van der Waals surface area contributed by atoms with Gasteiger partial charge in [0.1, 0.15) is 10.3 Å². The number of pyridine rings is 1. The second-order valence-electron chi connectivity index (χ2n) is 6.07. The van der Waals surface area contributed by atoms with Crippen LogP contribution in [0.4, 0.5) is 4.79 Å². The lowest BCUT2D eigenvalue weighted by atomic mass is 9.84. The normalized spacial score (nSPS) is 20.0. The van der Waals surface area contributed by atoms with Gasteiger partial charge in [-0.2, -0.15) is 0 Å². The molecule has 7 heteroatoms. The van der Waals surface area contributed by atoms with Crippen LogP contribution in [0, 0.1) is 5.92 Å². The zero-order chi connectivity index (χ0) is 16.7. The largest absolute Gasteiger partial charge is 0.449 e. The second-order valence-corrected chi connectivity index (χ2v) is 6.82. The Labute approximate surface area is 144 Å². The maximum absolute atomic E-state index is 12.7. The highest BCUT2D eigenvalue weighted by atomic mass is 35.5. The highest BCUT2D eigenvalue weighted by molar-refractivity contribution is 6.36. The molecule has 0 spiro atoms. The van der Waals surface area contributed by atoms with E-state index < -0.39 is 6.09 Å². The van der Waals surface area contributed by atoms with Crippen LogP contribution in [0.5, 0.6) is 0 Å². The third-order valence-electron chi connectivity index (χ3n) is 3.98. The zero-order valence-corrected chi connectivity index (χ0v) is 14.3. The van der Waals surface area contributed by atoms with Crippen molar-refractivity contribution in [2.45, 2.75) is 32.7 Å². The Balaban J connectivity index is 1.89. The summed E-state index contributed by atoms with van der Waals surface area (Å²) >= 11 is 11.9. The van der Waals surface area contributed by atoms with Crippen molar-refractivity contribution in [3.63, 3.8) is 0 Å². The van der Waals surface area contributed by atoms with Crippen LogP contribution in [0.15, 0.2) is 17.7 Å². The number of imide groups is 1. The Morgan fingerprint density at radius 2 is 2.17 bits per heavy atom. The molecule has 1 unspecified atom stereocenters. The molecule has 1 aromatic heterocycles. The summed E-state index contributed by atoms with van der Waals surface area (Å²) in [5.74, 6) is -0.165. The lowest BCUT2D eigenvalue weighted by Crippen LogP contribution is -2.44. The highest BCUT2D eigenvalue weighted by Crippen LogP contribution is 2.45. The molecule has 0 saturated heterocycles. The molecule has 2 heterocycles. The molecule has 1 aromatic rings. The van der Waals surface area contributed by atoms with Gasteiger partial charge in [-0.25, -0.2) is 14.7 Å². The van der Waals surface area contributed by atoms with E-state index in [4.69, 9.17) is 27.9 Å². The fourth-order valence-corrected chi connectivity index (χ4v) is 3.24. The SMILES string of the molecule is CC(C)COC(=O)N1C(=O)C(c2ccc(Cl)nc2Cl)=C2CCC21. The number of hydrogen-bond donors (Lipinski definition) is 0. The Kier molecular flexibility index (Phi) is 4.34. The van der Waals surface area contributed by atoms with Crippen LogP contribution < -0.4 is 0 Å². The summed E-state index contributed by atoms with van der Waals surface area (Å²) in [5, 5.41) is 0.421. The van der Waals surface area contributed by atoms with Crippen LogP contribution in [-0.4, -0.2) is 34.5 Å². The van der Waals surface area contributed by atoms with Crippen molar-refractivity contribution in [3.8, 4) is 0 Å². The monoisotopic (exact) mass is 354 g/mol. The number of amides is 2. The summed E-state index contributed by atoms with van der Waals surface area (Å²) in [4.78, 5) is 30.2. The van der Waals surface area contributed by atoms with Crippen LogP contribution in [0.3, 0.4) is 0 Å². The highest BCUT2D eigenvalue weighted by Gasteiger charge is 2.48. The summed E-state index contributed by atoms with van der Waals surface area (Å²) in [5.41, 5.74) is 1.89. The molecule has 23 heavy (non-hydrogen) atoms. The number of hydrogen-bond acceptors (Lipinski definition) is 4. The van der Waals surface area contributed by atoms with Crippen molar-refractivity contribution in [3.05, 3.63) is 33.6 Å². The van der Waals surface area contributed by atoms with E-state index in [0.29, 0.717) is 11.1 Å². The van der Waals surface area contributed by atoms with Crippen molar-refractivity contribution in [1.29, 1.82) is 0 Å². The molecule has 2 aliphatic rings. The van der Waals surface area contributed by atoms with Crippen LogP contribution in [-0.2, 0) is 9.53 Å². The van der Waals surface area contributed by atoms with Crippen molar-refractivity contribution >= 4 is 40.8 Å². The summed E-state index contributed by atoms with van der Waals surface area (Å²) in [7, 11) is 0. The smallest absolute Gasteiger partial charge is 0.417 e. The van der Waals surface area contributed by atoms with E-state index in [-0.39, 0.29) is 34.8 Å². The van der Waals surface area contributed by atoms with Crippen molar-refractivity contribution < 1.29 is 14.3 Å². The predicted octanol–water partition coefficient (Wildman–Crippen LogP) is 3.94. The maximum Gasteiger partial charge on any atom is 0.417 e. The molecule has 1 atom stereocenters. The van der Waals surface area contributed by atoms with E-state index in [0.717, 1.165) is 18.4 Å². The van der Waals surface area contributed by atoms with Gasteiger partial charge in [0, 0.05) is 5.56 Å². The topological polar surface area (TPSA) is 59.5 Å². The molecule has 122 valence electrons. The van der Waals surface area contributed by atoms with Crippen molar-refractivity contribution in [2.75, 3.05) is 6.61 Å². The molecular weight excluding hydrogens is 339 g/mol. The molecule has 0 bridgehead atoms. The van der Waals surface area contributed by atoms with E-state index in [1.165, 1.54) is 4.90 Å². The van der Waals surface area contributed by atoms with E-state index in [1.807, 2.05) is 13.8 Å². The molecule has 5 nitrogen and oxygen atoms in total.